The molecule has 2 amide bonds. The highest BCUT2D eigenvalue weighted by molar-refractivity contribution is 7.80. The summed E-state index contributed by atoms with van der Waals surface area (Å²) in [6, 6.07) is 11.0. The number of hydrogen-bond acceptors (Lipinski definition) is 16. The number of carboxylic acids is 2. The molecule has 2 heterocycles. The molecule has 0 spiro atoms. The number of nitrogens with two attached hydrogens (primary N) is 2. The molecular formula is C42H49N7O16S. The van der Waals surface area contributed by atoms with Crippen LogP contribution in [0, 0.1) is 0 Å². The van der Waals surface area contributed by atoms with Crippen molar-refractivity contribution >= 4 is 63.9 Å². The van der Waals surface area contributed by atoms with E-state index in [4.69, 9.17) is 51.8 Å². The van der Waals surface area contributed by atoms with E-state index in [0.29, 0.717) is 34.3 Å². The van der Waals surface area contributed by atoms with Crippen LogP contribution < -0.4 is 38.2 Å². The molecule has 1 aliphatic carbocycles. The number of carbonyl (C=O) groups excluding carboxylic acids is 2. The van der Waals surface area contributed by atoms with E-state index in [1.807, 2.05) is 0 Å². The van der Waals surface area contributed by atoms with Gasteiger partial charge in [-0.25, -0.2) is 19.4 Å². The Morgan fingerprint density at radius 3 is 2.18 bits per heavy atom. The number of fused-ring (bicyclic) bond motifs is 2. The Kier molecular flexibility index (Phi) is 17.9. The first-order valence-corrected chi connectivity index (χ1v) is 20.5. The number of nitrogens with zero attached hydrogens (tertiary/aromatic N) is 1. The van der Waals surface area contributed by atoms with Crippen LogP contribution in [0.15, 0.2) is 80.6 Å². The molecule has 5 rings (SSSR count). The SMILES string of the molecule is CC(=O)N[C@H]1C([C@H](OC(=O)NCCOCCOCCOCCNC(=S)Nc2ccc(-c3c4ccc(=O)cc-4oc4cc(O)ccc34)c(C(=O)O)c2)[C@H](O)CO)OC(C(=O)O)=C[C@@H]1N=C(N)N. The molecule has 13 N–H and O–H groups in total. The Bertz CT molecular complexity index is 2480. The number of phenolic OH excluding ortho intramolecular Hbond substituents is 1. The minimum absolute atomic E-state index is 0.0186. The maximum atomic E-state index is 12.7. The molecule has 5 atom stereocenters. The summed E-state index contributed by atoms with van der Waals surface area (Å²) in [4.78, 5) is 65.0. The molecule has 2 aromatic rings. The third kappa shape index (κ3) is 13.7. The Morgan fingerprint density at radius 2 is 1.55 bits per heavy atom. The average Bonchev–Trinajstić information content (AvgIpc) is 3.26. The average molecular weight is 940 g/mol. The number of phenols is 1. The summed E-state index contributed by atoms with van der Waals surface area (Å²) >= 11 is 5.39. The summed E-state index contributed by atoms with van der Waals surface area (Å²) in [6.07, 6.45) is -5.09. The maximum Gasteiger partial charge on any atom is 0.407 e. The van der Waals surface area contributed by atoms with Crippen LogP contribution in [0.2, 0.25) is 0 Å². The van der Waals surface area contributed by atoms with Gasteiger partial charge in [-0.05, 0) is 60.3 Å². The molecule has 1 unspecified atom stereocenters. The molecule has 3 aliphatic rings. The van der Waals surface area contributed by atoms with Crippen molar-refractivity contribution in [2.75, 3.05) is 64.7 Å². The molecule has 66 heavy (non-hydrogen) atoms. The molecule has 0 fully saturated rings. The van der Waals surface area contributed by atoms with Gasteiger partial charge in [0.15, 0.2) is 28.7 Å². The first kappa shape index (κ1) is 49.9. The standard InChI is InChI=1S/C42H49N7O16S/c1-21(51)47-35-29(49-40(43)44)19-33(39(57)58)64-37(35)36(30(54)20-50)65-42(59)46-9-11-61-13-15-62-14-12-60-10-8-45-41(66)48-22-2-5-25(28(16-22)38(55)56)34-26-6-3-23(52)17-31(26)63-32-18-24(53)4-7-27(32)34/h2-7,16-19,29-30,35-37,50,52,54H,8-15,20H2,1H3,(H,46,59)(H,47,51)(H,55,56)(H,57,58)(H4,43,44,49)(H2,45,48,66)/t29-,30+,35+,36+,37?/m0/s1. The van der Waals surface area contributed by atoms with Gasteiger partial charge in [-0.1, -0.05) is 6.07 Å². The van der Waals surface area contributed by atoms with E-state index in [9.17, 15) is 49.5 Å². The number of aliphatic imine (C=N–C) groups is 1. The van der Waals surface area contributed by atoms with Crippen LogP contribution in [0.5, 0.6) is 5.75 Å². The topological polar surface area (TPSA) is 358 Å². The van der Waals surface area contributed by atoms with Crippen molar-refractivity contribution in [3.63, 3.8) is 0 Å². The van der Waals surface area contributed by atoms with E-state index in [-0.39, 0.29) is 79.4 Å². The van der Waals surface area contributed by atoms with Crippen molar-refractivity contribution in [3.8, 4) is 28.2 Å². The number of ether oxygens (including phenoxy) is 5. The Labute approximate surface area is 380 Å². The van der Waals surface area contributed by atoms with Gasteiger partial charge in [-0.15, -0.1) is 0 Å². The number of aromatic carboxylic acids is 1. The number of aromatic hydroxyl groups is 1. The Hall–Kier alpha value is -7.09. The summed E-state index contributed by atoms with van der Waals surface area (Å²) in [5.74, 6) is -4.27. The predicted molar refractivity (Wildman–Crippen MR) is 239 cm³/mol. The number of thiocarbonyl (C=S) groups is 1. The van der Waals surface area contributed by atoms with Crippen molar-refractivity contribution in [1.82, 2.24) is 16.0 Å². The lowest BCUT2D eigenvalue weighted by Gasteiger charge is -2.39. The number of carbonyl (C=O) groups is 4. The highest BCUT2D eigenvalue weighted by atomic mass is 32.1. The van der Waals surface area contributed by atoms with Crippen molar-refractivity contribution < 1.29 is 72.8 Å². The summed E-state index contributed by atoms with van der Waals surface area (Å²) < 4.78 is 33.2. The number of alkyl carbamates (subject to hydrolysis) is 1. The van der Waals surface area contributed by atoms with Gasteiger partial charge in [0.05, 0.1) is 63.9 Å². The van der Waals surface area contributed by atoms with E-state index in [1.54, 1.807) is 24.3 Å². The number of benzene rings is 3. The highest BCUT2D eigenvalue weighted by Gasteiger charge is 2.46. The lowest BCUT2D eigenvalue weighted by Crippen LogP contribution is -2.61. The van der Waals surface area contributed by atoms with Crippen LogP contribution in [0.1, 0.15) is 17.3 Å². The van der Waals surface area contributed by atoms with Gasteiger partial charge in [0, 0.05) is 54.3 Å². The zero-order valence-corrected chi connectivity index (χ0v) is 36.1. The summed E-state index contributed by atoms with van der Waals surface area (Å²) in [5, 5.41) is 61.7. The van der Waals surface area contributed by atoms with Crippen LogP contribution in [0.25, 0.3) is 33.4 Å². The lowest BCUT2D eigenvalue weighted by atomic mass is 9.90. The number of anilines is 1. The quantitative estimate of drug-likeness (QED) is 0.0166. The molecule has 0 aromatic heterocycles. The molecule has 24 heteroatoms. The van der Waals surface area contributed by atoms with Gasteiger partial charge in [0.2, 0.25) is 11.7 Å². The summed E-state index contributed by atoms with van der Waals surface area (Å²) in [5.41, 5.74) is 12.7. The van der Waals surface area contributed by atoms with Crippen LogP contribution in [0.3, 0.4) is 0 Å². The van der Waals surface area contributed by atoms with E-state index in [1.165, 1.54) is 30.3 Å². The van der Waals surface area contributed by atoms with Crippen molar-refractivity contribution in [2.45, 2.75) is 37.3 Å². The second-order valence-corrected chi connectivity index (χ2v) is 14.7. The van der Waals surface area contributed by atoms with Crippen LogP contribution in [-0.4, -0.2) is 150 Å². The van der Waals surface area contributed by atoms with Crippen LogP contribution >= 0.6 is 12.2 Å². The zero-order valence-electron chi connectivity index (χ0n) is 35.3. The number of hydrogen-bond donors (Lipinski definition) is 11. The number of carboxylic acid groups (broad SMARTS) is 2. The third-order valence-corrected chi connectivity index (χ3v) is 9.81. The molecule has 23 nitrogen and oxygen atoms in total. The highest BCUT2D eigenvalue weighted by Crippen LogP contribution is 2.42. The van der Waals surface area contributed by atoms with Crippen molar-refractivity contribution in [1.29, 1.82) is 0 Å². The molecule has 2 aromatic carbocycles. The monoisotopic (exact) mass is 939 g/mol. The smallest absolute Gasteiger partial charge is 0.407 e. The van der Waals surface area contributed by atoms with Gasteiger partial charge in [0.1, 0.15) is 23.2 Å². The number of aliphatic carboxylic acids is 1. The predicted octanol–water partition coefficient (Wildman–Crippen LogP) is 0.267. The van der Waals surface area contributed by atoms with Gasteiger partial charge in [-0.3, -0.25) is 9.59 Å². The van der Waals surface area contributed by atoms with Gasteiger partial charge >= 0.3 is 18.0 Å². The second kappa shape index (κ2) is 23.7. The number of aliphatic hydroxyl groups is 2. The number of aliphatic hydroxyl groups excluding tert-OH is 2. The molecule has 0 saturated heterocycles. The van der Waals surface area contributed by atoms with E-state index < -0.39 is 72.7 Å². The minimum atomic E-state index is -1.78. The fourth-order valence-corrected chi connectivity index (χ4v) is 7.00. The molecule has 354 valence electrons. The first-order valence-electron chi connectivity index (χ1n) is 20.1. The summed E-state index contributed by atoms with van der Waals surface area (Å²) in [7, 11) is 0. The van der Waals surface area contributed by atoms with E-state index in [0.717, 1.165) is 13.0 Å². The van der Waals surface area contributed by atoms with E-state index >= 15 is 0 Å². The fraction of sp³-hybridized carbons (Fsp3) is 0.357. The largest absolute Gasteiger partial charge is 0.508 e. The van der Waals surface area contributed by atoms with Crippen molar-refractivity contribution in [3.05, 3.63) is 82.2 Å². The van der Waals surface area contributed by atoms with E-state index in [2.05, 4.69) is 26.3 Å². The molecule has 2 aliphatic heterocycles. The molecule has 0 radical (unpaired) electrons. The second-order valence-electron chi connectivity index (χ2n) is 14.3. The molecule has 0 bridgehead atoms. The number of guanidine groups is 1. The molecule has 0 saturated carbocycles. The maximum absolute atomic E-state index is 12.7. The third-order valence-electron chi connectivity index (χ3n) is 9.56. The van der Waals surface area contributed by atoms with Crippen LogP contribution in [-0.2, 0) is 33.3 Å². The first-order chi connectivity index (χ1) is 31.6. The van der Waals surface area contributed by atoms with Crippen LogP contribution in [0.4, 0.5) is 10.5 Å². The number of rotatable bonds is 22. The Morgan fingerprint density at radius 1 is 0.879 bits per heavy atom. The lowest BCUT2D eigenvalue weighted by molar-refractivity contribution is -0.146. The van der Waals surface area contributed by atoms with Gasteiger partial charge < -0.3 is 86.4 Å². The molecular weight excluding hydrogens is 891 g/mol. The van der Waals surface area contributed by atoms with Crippen molar-refractivity contribution in [2.24, 2.45) is 16.5 Å². The van der Waals surface area contributed by atoms with Gasteiger partial charge in [0.25, 0.3) is 0 Å². The number of nitrogens with one attached hydrogen (secondary N) is 4. The minimum Gasteiger partial charge on any atom is -0.508 e. The van der Waals surface area contributed by atoms with Gasteiger partial charge in [-0.2, -0.15) is 0 Å². The number of amides is 2. The summed E-state index contributed by atoms with van der Waals surface area (Å²) in [6.45, 7) is 1.59. The normalized spacial score (nSPS) is 16.5. The fourth-order valence-electron chi connectivity index (χ4n) is 6.78. The zero-order chi connectivity index (χ0) is 47.9. The Balaban J connectivity index is 0.993.